The molecule has 19 heavy (non-hydrogen) atoms. The Labute approximate surface area is 120 Å². The molecule has 0 saturated heterocycles. The van der Waals surface area contributed by atoms with Crippen LogP contribution in [0, 0.1) is 17.1 Å². The van der Waals surface area contributed by atoms with Crippen LogP contribution in [0.4, 0.5) is 4.39 Å². The Morgan fingerprint density at radius 3 is 2.63 bits per heavy atom. The highest BCUT2D eigenvalue weighted by atomic mass is 79.9. The summed E-state index contributed by atoms with van der Waals surface area (Å²) in [4.78, 5) is 0. The maximum absolute atomic E-state index is 13.2. The van der Waals surface area contributed by atoms with Gasteiger partial charge in [-0.15, -0.1) is 0 Å². The second-order valence-corrected chi connectivity index (χ2v) is 5.11. The van der Waals surface area contributed by atoms with Crippen LogP contribution in [0.3, 0.4) is 0 Å². The summed E-state index contributed by atoms with van der Waals surface area (Å²) in [7, 11) is 0. The fourth-order valence-electron chi connectivity index (χ4n) is 1.82. The van der Waals surface area contributed by atoms with Crippen molar-refractivity contribution in [3.63, 3.8) is 0 Å². The molecule has 0 radical (unpaired) electrons. The lowest BCUT2D eigenvalue weighted by Gasteiger charge is -2.06. The first-order chi connectivity index (χ1) is 9.17. The van der Waals surface area contributed by atoms with Gasteiger partial charge in [-0.3, -0.25) is 0 Å². The van der Waals surface area contributed by atoms with Crippen LogP contribution in [-0.4, -0.2) is 0 Å². The summed E-state index contributed by atoms with van der Waals surface area (Å²) in [5.41, 5.74) is 2.26. The third-order valence-corrected chi connectivity index (χ3v) is 3.13. The number of halogens is 2. The monoisotopic (exact) mass is 318 g/mol. The summed E-state index contributed by atoms with van der Waals surface area (Å²) in [6.45, 7) is 1.22. The van der Waals surface area contributed by atoms with E-state index in [1.54, 1.807) is 6.07 Å². The van der Waals surface area contributed by atoms with Gasteiger partial charge in [0.2, 0.25) is 0 Å². The molecule has 0 bridgehead atoms. The smallest absolute Gasteiger partial charge is 0.124 e. The molecule has 2 aromatic carbocycles. The quantitative estimate of drug-likeness (QED) is 0.932. The molecular formula is C15H12BrFN2. The maximum atomic E-state index is 13.2. The van der Waals surface area contributed by atoms with Gasteiger partial charge in [0.05, 0.1) is 11.6 Å². The van der Waals surface area contributed by atoms with Crippen molar-refractivity contribution in [1.82, 2.24) is 5.32 Å². The van der Waals surface area contributed by atoms with Crippen molar-refractivity contribution in [2.75, 3.05) is 0 Å². The molecule has 0 fully saturated rings. The Kier molecular flexibility index (Phi) is 4.67. The summed E-state index contributed by atoms with van der Waals surface area (Å²) in [6.07, 6.45) is 0. The lowest BCUT2D eigenvalue weighted by Crippen LogP contribution is -2.12. The van der Waals surface area contributed by atoms with Gasteiger partial charge in [0.25, 0.3) is 0 Å². The highest BCUT2D eigenvalue weighted by Gasteiger charge is 2.01. The van der Waals surface area contributed by atoms with Crippen molar-refractivity contribution in [1.29, 1.82) is 5.26 Å². The van der Waals surface area contributed by atoms with Crippen molar-refractivity contribution in [2.45, 2.75) is 13.1 Å². The van der Waals surface area contributed by atoms with Crippen molar-refractivity contribution < 1.29 is 4.39 Å². The Balaban J connectivity index is 1.96. The molecule has 2 aromatic rings. The number of nitriles is 1. The Hall–Kier alpha value is -1.70. The van der Waals surface area contributed by atoms with Gasteiger partial charge in [-0.25, -0.2) is 4.39 Å². The van der Waals surface area contributed by atoms with Crippen LogP contribution in [0.25, 0.3) is 0 Å². The van der Waals surface area contributed by atoms with Gasteiger partial charge in [-0.2, -0.15) is 5.26 Å². The first-order valence-electron chi connectivity index (χ1n) is 5.82. The zero-order valence-electron chi connectivity index (χ0n) is 10.2. The summed E-state index contributed by atoms with van der Waals surface area (Å²) >= 11 is 3.41. The molecule has 96 valence electrons. The molecule has 0 aliphatic carbocycles. The van der Waals surface area contributed by atoms with Gasteiger partial charge < -0.3 is 5.32 Å². The predicted octanol–water partition coefficient (Wildman–Crippen LogP) is 3.75. The summed E-state index contributed by atoms with van der Waals surface area (Å²) in [6, 6.07) is 14.3. The molecule has 0 atom stereocenters. The standard InChI is InChI=1S/C15H12BrFN2/c16-14-3-1-2-11(5-14)9-19-10-13-4-12(8-18)6-15(17)7-13/h1-7,19H,9-10H2. The van der Waals surface area contributed by atoms with Gasteiger partial charge in [0.1, 0.15) is 5.82 Å². The molecule has 0 spiro atoms. The largest absolute Gasteiger partial charge is 0.309 e. The van der Waals surface area contributed by atoms with E-state index in [2.05, 4.69) is 21.2 Å². The summed E-state index contributed by atoms with van der Waals surface area (Å²) < 4.78 is 14.3. The number of benzene rings is 2. The van der Waals surface area contributed by atoms with E-state index in [9.17, 15) is 4.39 Å². The van der Waals surface area contributed by atoms with Gasteiger partial charge >= 0.3 is 0 Å². The van der Waals surface area contributed by atoms with E-state index in [0.29, 0.717) is 18.7 Å². The van der Waals surface area contributed by atoms with Crippen LogP contribution in [-0.2, 0) is 13.1 Å². The minimum atomic E-state index is -0.377. The van der Waals surface area contributed by atoms with Gasteiger partial charge in [-0.1, -0.05) is 28.1 Å². The molecule has 2 rings (SSSR count). The zero-order chi connectivity index (χ0) is 13.7. The third kappa shape index (κ3) is 4.16. The predicted molar refractivity (Wildman–Crippen MR) is 75.8 cm³/mol. The van der Waals surface area contributed by atoms with Crippen LogP contribution in [0.15, 0.2) is 46.9 Å². The van der Waals surface area contributed by atoms with Gasteiger partial charge in [0.15, 0.2) is 0 Å². The molecule has 0 amide bonds. The Bertz CT molecular complexity index is 620. The normalized spacial score (nSPS) is 10.2. The van der Waals surface area contributed by atoms with E-state index in [4.69, 9.17) is 5.26 Å². The average Bonchev–Trinajstić information content (AvgIpc) is 2.38. The molecule has 1 N–H and O–H groups in total. The first-order valence-corrected chi connectivity index (χ1v) is 6.61. The van der Waals surface area contributed by atoms with E-state index < -0.39 is 0 Å². The summed E-state index contributed by atoms with van der Waals surface area (Å²) in [5, 5.41) is 12.0. The van der Waals surface area contributed by atoms with Crippen LogP contribution < -0.4 is 5.32 Å². The second kappa shape index (κ2) is 6.46. The van der Waals surface area contributed by atoms with Crippen molar-refractivity contribution in [3.8, 4) is 6.07 Å². The number of hydrogen-bond donors (Lipinski definition) is 1. The fourth-order valence-corrected chi connectivity index (χ4v) is 2.26. The molecule has 0 heterocycles. The van der Waals surface area contributed by atoms with Gasteiger partial charge in [-0.05, 0) is 41.5 Å². The number of hydrogen-bond acceptors (Lipinski definition) is 2. The number of nitrogens with zero attached hydrogens (tertiary/aromatic N) is 1. The lowest BCUT2D eigenvalue weighted by molar-refractivity contribution is 0.619. The van der Waals surface area contributed by atoms with Crippen LogP contribution >= 0.6 is 15.9 Å². The van der Waals surface area contributed by atoms with Gasteiger partial charge in [0, 0.05) is 17.6 Å². The number of rotatable bonds is 4. The van der Waals surface area contributed by atoms with Crippen molar-refractivity contribution in [2.24, 2.45) is 0 Å². The molecule has 0 aromatic heterocycles. The zero-order valence-corrected chi connectivity index (χ0v) is 11.7. The van der Waals surface area contributed by atoms with E-state index in [1.165, 1.54) is 12.1 Å². The van der Waals surface area contributed by atoms with Crippen LogP contribution in [0.2, 0.25) is 0 Å². The van der Waals surface area contributed by atoms with E-state index in [1.807, 2.05) is 30.3 Å². The highest BCUT2D eigenvalue weighted by molar-refractivity contribution is 9.10. The molecule has 0 aliphatic rings. The van der Waals surface area contributed by atoms with Crippen molar-refractivity contribution in [3.05, 3.63) is 69.4 Å². The lowest BCUT2D eigenvalue weighted by atomic mass is 10.1. The molecular weight excluding hydrogens is 307 g/mol. The fraction of sp³-hybridized carbons (Fsp3) is 0.133. The van der Waals surface area contributed by atoms with E-state index >= 15 is 0 Å². The molecule has 0 aliphatic heterocycles. The average molecular weight is 319 g/mol. The maximum Gasteiger partial charge on any atom is 0.124 e. The minimum Gasteiger partial charge on any atom is -0.309 e. The molecule has 2 nitrogen and oxygen atoms in total. The Morgan fingerprint density at radius 2 is 1.89 bits per heavy atom. The third-order valence-electron chi connectivity index (χ3n) is 2.63. The number of nitrogens with one attached hydrogen (secondary N) is 1. The molecule has 0 saturated carbocycles. The topological polar surface area (TPSA) is 35.8 Å². The summed E-state index contributed by atoms with van der Waals surface area (Å²) in [5.74, 6) is -0.377. The van der Waals surface area contributed by atoms with Crippen LogP contribution in [0.1, 0.15) is 16.7 Å². The van der Waals surface area contributed by atoms with E-state index in [-0.39, 0.29) is 5.82 Å². The first kappa shape index (κ1) is 13.7. The molecule has 0 unspecified atom stereocenters. The highest BCUT2D eigenvalue weighted by Crippen LogP contribution is 2.12. The Morgan fingerprint density at radius 1 is 1.11 bits per heavy atom. The van der Waals surface area contributed by atoms with Crippen LogP contribution in [0.5, 0.6) is 0 Å². The van der Waals surface area contributed by atoms with Crippen molar-refractivity contribution >= 4 is 15.9 Å². The van der Waals surface area contributed by atoms with E-state index in [0.717, 1.165) is 15.6 Å². The SMILES string of the molecule is N#Cc1cc(F)cc(CNCc2cccc(Br)c2)c1. The second-order valence-electron chi connectivity index (χ2n) is 4.19. The molecule has 4 heteroatoms. The minimum absolute atomic E-state index is 0.347.